The van der Waals surface area contributed by atoms with Crippen molar-refractivity contribution in [3.8, 4) is 11.5 Å². The van der Waals surface area contributed by atoms with Gasteiger partial charge in [0.1, 0.15) is 12.7 Å². The predicted octanol–water partition coefficient (Wildman–Crippen LogP) is 0.965. The minimum atomic E-state index is -3.92. The van der Waals surface area contributed by atoms with Crippen molar-refractivity contribution in [2.45, 2.75) is 15.9 Å². The summed E-state index contributed by atoms with van der Waals surface area (Å²) in [6.07, 6.45) is -0.373. The van der Waals surface area contributed by atoms with E-state index < -0.39 is 22.5 Å². The number of ether oxygens (including phenoxy) is 2. The maximum absolute atomic E-state index is 12.5. The SMILES string of the molecule is O=C(CNS(=O)(=O)c1ccc2c(c1)NC(=O)CS2)NCC1COc2ccccc2O1. The molecule has 0 saturated heterocycles. The Morgan fingerprint density at radius 1 is 1.20 bits per heavy atom. The fourth-order valence-electron chi connectivity index (χ4n) is 2.93. The number of fused-ring (bicyclic) bond motifs is 2. The van der Waals surface area contributed by atoms with Crippen LogP contribution < -0.4 is 24.8 Å². The van der Waals surface area contributed by atoms with Gasteiger partial charge in [0.25, 0.3) is 0 Å². The summed E-state index contributed by atoms with van der Waals surface area (Å²) in [5.41, 5.74) is 0.443. The van der Waals surface area contributed by atoms with Crippen LogP contribution in [0.25, 0.3) is 0 Å². The Labute approximate surface area is 177 Å². The Morgan fingerprint density at radius 2 is 2.00 bits per heavy atom. The van der Waals surface area contributed by atoms with Gasteiger partial charge in [-0.05, 0) is 30.3 Å². The highest BCUT2D eigenvalue weighted by Crippen LogP contribution is 2.33. The molecule has 2 aliphatic heterocycles. The number of hydrogen-bond donors (Lipinski definition) is 3. The molecule has 3 N–H and O–H groups in total. The molecular weight excluding hydrogens is 430 g/mol. The van der Waals surface area contributed by atoms with Crippen LogP contribution in [0.2, 0.25) is 0 Å². The molecule has 0 spiro atoms. The molecule has 2 amide bonds. The van der Waals surface area contributed by atoms with Crippen molar-refractivity contribution in [1.29, 1.82) is 0 Å². The summed E-state index contributed by atoms with van der Waals surface area (Å²) < 4.78 is 38.6. The minimum absolute atomic E-state index is 0.0301. The third kappa shape index (κ3) is 4.69. The molecular formula is C19H19N3O6S2. The summed E-state index contributed by atoms with van der Waals surface area (Å²) in [5.74, 6) is 0.849. The number of nitrogens with one attached hydrogen (secondary N) is 3. The summed E-state index contributed by atoms with van der Waals surface area (Å²) in [5, 5.41) is 5.28. The smallest absolute Gasteiger partial charge is 0.241 e. The average Bonchev–Trinajstić information content (AvgIpc) is 2.75. The second kappa shape index (κ2) is 8.54. The number of benzene rings is 2. The Hall–Kier alpha value is -2.76. The van der Waals surface area contributed by atoms with Crippen LogP contribution in [-0.4, -0.2) is 51.8 Å². The van der Waals surface area contributed by atoms with Crippen molar-refractivity contribution in [2.24, 2.45) is 0 Å². The van der Waals surface area contributed by atoms with Crippen LogP contribution in [0.3, 0.4) is 0 Å². The van der Waals surface area contributed by atoms with E-state index in [9.17, 15) is 18.0 Å². The van der Waals surface area contributed by atoms with E-state index in [1.165, 1.54) is 23.9 Å². The summed E-state index contributed by atoms with van der Waals surface area (Å²) in [6, 6.07) is 11.7. The van der Waals surface area contributed by atoms with Crippen LogP contribution in [-0.2, 0) is 19.6 Å². The van der Waals surface area contributed by atoms with Crippen molar-refractivity contribution < 1.29 is 27.5 Å². The molecule has 2 heterocycles. The third-order valence-electron chi connectivity index (χ3n) is 4.41. The maximum atomic E-state index is 12.5. The molecule has 4 rings (SSSR count). The lowest BCUT2D eigenvalue weighted by atomic mass is 10.2. The molecule has 11 heteroatoms. The summed E-state index contributed by atoms with van der Waals surface area (Å²) >= 11 is 1.34. The van der Waals surface area contributed by atoms with Crippen LogP contribution in [0, 0.1) is 0 Å². The fourth-order valence-corrected chi connectivity index (χ4v) is 4.72. The number of rotatable bonds is 6. The monoisotopic (exact) mass is 449 g/mol. The zero-order valence-corrected chi connectivity index (χ0v) is 17.3. The number of carbonyl (C=O) groups is 2. The van der Waals surface area contributed by atoms with E-state index in [1.54, 1.807) is 18.2 Å². The Balaban J connectivity index is 1.29. The second-order valence-corrected chi connectivity index (χ2v) is 9.41. The van der Waals surface area contributed by atoms with Crippen LogP contribution in [0.1, 0.15) is 0 Å². The zero-order chi connectivity index (χ0) is 21.1. The van der Waals surface area contributed by atoms with Gasteiger partial charge in [-0.15, -0.1) is 11.8 Å². The molecule has 0 aromatic heterocycles. The molecule has 2 aromatic carbocycles. The quantitative estimate of drug-likeness (QED) is 0.600. The molecule has 0 aliphatic carbocycles. The number of carbonyl (C=O) groups excluding carboxylic acids is 2. The van der Waals surface area contributed by atoms with Gasteiger partial charge in [-0.3, -0.25) is 9.59 Å². The molecule has 9 nitrogen and oxygen atoms in total. The van der Waals surface area contributed by atoms with Gasteiger partial charge in [-0.25, -0.2) is 13.1 Å². The van der Waals surface area contributed by atoms with Crippen LogP contribution in [0.4, 0.5) is 5.69 Å². The van der Waals surface area contributed by atoms with Gasteiger partial charge in [0.05, 0.1) is 29.4 Å². The van der Waals surface area contributed by atoms with E-state index in [-0.39, 0.29) is 30.1 Å². The number of para-hydroxylation sites is 2. The highest BCUT2D eigenvalue weighted by molar-refractivity contribution is 8.00. The zero-order valence-electron chi connectivity index (χ0n) is 15.7. The van der Waals surface area contributed by atoms with Crippen molar-refractivity contribution in [1.82, 2.24) is 10.0 Å². The molecule has 0 fully saturated rings. The molecule has 0 bridgehead atoms. The fraction of sp³-hybridized carbons (Fsp3) is 0.263. The minimum Gasteiger partial charge on any atom is -0.486 e. The van der Waals surface area contributed by atoms with Gasteiger partial charge in [0.15, 0.2) is 11.5 Å². The van der Waals surface area contributed by atoms with E-state index in [2.05, 4.69) is 15.4 Å². The van der Waals surface area contributed by atoms with Gasteiger partial charge < -0.3 is 20.1 Å². The highest BCUT2D eigenvalue weighted by Gasteiger charge is 2.23. The van der Waals surface area contributed by atoms with E-state index in [1.807, 2.05) is 12.1 Å². The first-order valence-electron chi connectivity index (χ1n) is 9.12. The largest absolute Gasteiger partial charge is 0.486 e. The first-order chi connectivity index (χ1) is 14.4. The third-order valence-corrected chi connectivity index (χ3v) is 6.88. The lowest BCUT2D eigenvalue weighted by molar-refractivity contribution is -0.120. The molecule has 0 saturated carbocycles. The van der Waals surface area contributed by atoms with Gasteiger partial charge in [0, 0.05) is 4.90 Å². The van der Waals surface area contributed by atoms with Crippen molar-refractivity contribution in [3.63, 3.8) is 0 Å². The second-order valence-electron chi connectivity index (χ2n) is 6.62. The standard InChI is InChI=1S/C19H19N3O6S2/c23-18(20-8-12-10-27-15-3-1-2-4-16(15)28-12)9-21-30(25,26)13-5-6-17-14(7-13)22-19(24)11-29-17/h1-7,12,21H,8-11H2,(H,20,23)(H,22,24). The maximum Gasteiger partial charge on any atom is 0.241 e. The molecule has 1 atom stereocenters. The molecule has 2 aliphatic rings. The van der Waals surface area contributed by atoms with Gasteiger partial charge in [0.2, 0.25) is 21.8 Å². The number of hydrogen-bond acceptors (Lipinski definition) is 7. The van der Waals surface area contributed by atoms with Crippen LogP contribution in [0.15, 0.2) is 52.3 Å². The van der Waals surface area contributed by atoms with Crippen molar-refractivity contribution in [2.75, 3.05) is 30.8 Å². The topological polar surface area (TPSA) is 123 Å². The Kier molecular flexibility index (Phi) is 5.84. The van der Waals surface area contributed by atoms with E-state index >= 15 is 0 Å². The van der Waals surface area contributed by atoms with Gasteiger partial charge in [-0.2, -0.15) is 0 Å². The van der Waals surface area contributed by atoms with Crippen LogP contribution in [0.5, 0.6) is 11.5 Å². The van der Waals surface area contributed by atoms with E-state index in [0.29, 0.717) is 22.9 Å². The normalized spacial score (nSPS) is 17.6. The summed E-state index contributed by atoms with van der Waals surface area (Å²) in [4.78, 5) is 24.4. The number of thioether (sulfide) groups is 1. The number of amides is 2. The Morgan fingerprint density at radius 3 is 2.83 bits per heavy atom. The van der Waals surface area contributed by atoms with Crippen LogP contribution >= 0.6 is 11.8 Å². The molecule has 2 aromatic rings. The lowest BCUT2D eigenvalue weighted by Crippen LogP contribution is -2.44. The first kappa shape index (κ1) is 20.5. The lowest BCUT2D eigenvalue weighted by Gasteiger charge is -2.26. The highest BCUT2D eigenvalue weighted by atomic mass is 32.2. The van der Waals surface area contributed by atoms with Gasteiger partial charge >= 0.3 is 0 Å². The summed E-state index contributed by atoms with van der Waals surface area (Å²) in [6.45, 7) is 0.0313. The van der Waals surface area contributed by atoms with E-state index in [4.69, 9.17) is 9.47 Å². The molecule has 158 valence electrons. The number of anilines is 1. The first-order valence-corrected chi connectivity index (χ1v) is 11.6. The molecule has 0 radical (unpaired) electrons. The van der Waals surface area contributed by atoms with Crippen molar-refractivity contribution >= 4 is 39.3 Å². The number of sulfonamides is 1. The van der Waals surface area contributed by atoms with Gasteiger partial charge in [-0.1, -0.05) is 12.1 Å². The summed E-state index contributed by atoms with van der Waals surface area (Å²) in [7, 11) is -3.92. The van der Waals surface area contributed by atoms with Crippen molar-refractivity contribution in [3.05, 3.63) is 42.5 Å². The molecule has 30 heavy (non-hydrogen) atoms. The van der Waals surface area contributed by atoms with E-state index in [0.717, 1.165) is 4.90 Å². The average molecular weight is 450 g/mol. The molecule has 1 unspecified atom stereocenters. The predicted molar refractivity (Wildman–Crippen MR) is 110 cm³/mol. The Bertz CT molecular complexity index is 1090.